The molecule has 0 fully saturated rings. The van der Waals surface area contributed by atoms with Crippen molar-refractivity contribution in [2.24, 2.45) is 0 Å². The molecule has 5 heteroatoms. The number of benzene rings is 1. The fourth-order valence-corrected chi connectivity index (χ4v) is 2.05. The van der Waals surface area contributed by atoms with E-state index >= 15 is 0 Å². The Bertz CT molecular complexity index is 409. The fraction of sp³-hybridized carbons (Fsp3) is 0. The van der Waals surface area contributed by atoms with Crippen molar-refractivity contribution in [2.45, 2.75) is 0 Å². The molecule has 0 heterocycles. The molecule has 0 spiro atoms. The van der Waals surface area contributed by atoms with Crippen molar-refractivity contribution in [3.05, 3.63) is 41.3 Å². The van der Waals surface area contributed by atoms with Crippen LogP contribution in [0.4, 0.5) is 0 Å². The Labute approximate surface area is 86.2 Å². The van der Waals surface area contributed by atoms with E-state index in [0.717, 1.165) is 5.41 Å². The summed E-state index contributed by atoms with van der Waals surface area (Å²) in [6.45, 7) is 0. The average molecular weight is 237 g/mol. The summed E-state index contributed by atoms with van der Waals surface area (Å²) < 4.78 is 21.2. The second-order valence-corrected chi connectivity index (χ2v) is 5.19. The van der Waals surface area contributed by atoms with Gasteiger partial charge < -0.3 is 0 Å². The highest BCUT2D eigenvalue weighted by Gasteiger charge is 2.03. The maximum atomic E-state index is 10.6. The lowest BCUT2D eigenvalue weighted by molar-refractivity contribution is 0.617. The summed E-state index contributed by atoms with van der Waals surface area (Å²) in [6, 6.07) is 8.71. The number of rotatable bonds is 2. The van der Waals surface area contributed by atoms with Crippen LogP contribution in [0, 0.1) is 0 Å². The van der Waals surface area contributed by atoms with Gasteiger partial charge in [-0.05, 0) is 5.56 Å². The van der Waals surface area contributed by atoms with Crippen LogP contribution >= 0.6 is 22.3 Å². The quantitative estimate of drug-likeness (QED) is 0.741. The Kier molecular flexibility index (Phi) is 3.36. The first kappa shape index (κ1) is 10.6. The molecular weight excluding hydrogens is 231 g/mol. The maximum absolute atomic E-state index is 10.6. The maximum Gasteiger partial charge on any atom is 0.255 e. The fourth-order valence-electron chi connectivity index (χ4n) is 0.789. The molecule has 0 atom stereocenters. The van der Waals surface area contributed by atoms with E-state index in [-0.39, 0.29) is 5.03 Å². The molecule has 1 aromatic rings. The second-order valence-electron chi connectivity index (χ2n) is 2.31. The van der Waals surface area contributed by atoms with Crippen LogP contribution in [-0.4, -0.2) is 8.42 Å². The van der Waals surface area contributed by atoms with Crippen LogP contribution in [0.15, 0.2) is 35.7 Å². The van der Waals surface area contributed by atoms with Gasteiger partial charge in [-0.1, -0.05) is 41.9 Å². The van der Waals surface area contributed by atoms with Gasteiger partial charge in [0.05, 0.1) is 10.4 Å². The van der Waals surface area contributed by atoms with Crippen molar-refractivity contribution in [2.75, 3.05) is 0 Å². The zero-order valence-electron chi connectivity index (χ0n) is 6.44. The Balaban J connectivity index is 3.06. The first-order valence-corrected chi connectivity index (χ1v) is 6.11. The van der Waals surface area contributed by atoms with Gasteiger partial charge in [-0.15, -0.1) is 0 Å². The van der Waals surface area contributed by atoms with Crippen LogP contribution in [0.2, 0.25) is 0 Å². The summed E-state index contributed by atoms with van der Waals surface area (Å²) in [7, 11) is 1.30. The molecule has 0 aliphatic rings. The first-order chi connectivity index (χ1) is 5.99. The summed E-state index contributed by atoms with van der Waals surface area (Å²) in [4.78, 5) is 0. The van der Waals surface area contributed by atoms with Crippen molar-refractivity contribution >= 4 is 36.4 Å². The number of hydrogen-bond acceptors (Lipinski definition) is 2. The summed E-state index contributed by atoms with van der Waals surface area (Å²) in [5.41, 5.74) is 0.619. The largest absolute Gasteiger partial charge is 0.255 e. The third-order valence-corrected chi connectivity index (χ3v) is 2.54. The zero-order chi connectivity index (χ0) is 9.90. The van der Waals surface area contributed by atoms with Gasteiger partial charge in [0.25, 0.3) is 9.05 Å². The van der Waals surface area contributed by atoms with Crippen LogP contribution in [0.1, 0.15) is 5.56 Å². The monoisotopic (exact) mass is 236 g/mol. The molecule has 0 bridgehead atoms. The third-order valence-electron chi connectivity index (χ3n) is 1.29. The molecule has 0 aliphatic heterocycles. The molecule has 0 unspecified atom stereocenters. The summed E-state index contributed by atoms with van der Waals surface area (Å²) in [6.07, 6.45) is 0. The van der Waals surface area contributed by atoms with E-state index in [4.69, 9.17) is 22.3 Å². The van der Waals surface area contributed by atoms with Crippen molar-refractivity contribution in [3.63, 3.8) is 0 Å². The van der Waals surface area contributed by atoms with Gasteiger partial charge >= 0.3 is 0 Å². The summed E-state index contributed by atoms with van der Waals surface area (Å²) in [5.74, 6) is 0. The minimum absolute atomic E-state index is 0.107. The Morgan fingerprint density at radius 2 is 1.77 bits per heavy atom. The Hall–Kier alpha value is -0.510. The molecule has 2 nitrogen and oxygen atoms in total. The van der Waals surface area contributed by atoms with Gasteiger partial charge in [0, 0.05) is 10.7 Å². The predicted octanol–water partition coefficient (Wildman–Crippen LogP) is 2.79. The second kappa shape index (κ2) is 4.13. The highest BCUT2D eigenvalue weighted by Crippen LogP contribution is 2.20. The smallest absolute Gasteiger partial charge is 0.207 e. The van der Waals surface area contributed by atoms with Crippen LogP contribution in [0.25, 0.3) is 5.03 Å². The van der Waals surface area contributed by atoms with E-state index in [0.29, 0.717) is 5.56 Å². The van der Waals surface area contributed by atoms with E-state index in [1.54, 1.807) is 24.3 Å². The molecule has 0 saturated heterocycles. The van der Waals surface area contributed by atoms with E-state index in [1.165, 1.54) is 0 Å². The molecular formula is C8H6Cl2O2S. The van der Waals surface area contributed by atoms with E-state index in [1.807, 2.05) is 6.07 Å². The van der Waals surface area contributed by atoms with Crippen LogP contribution in [0.5, 0.6) is 0 Å². The molecule has 1 rings (SSSR count). The van der Waals surface area contributed by atoms with Crippen molar-refractivity contribution in [1.82, 2.24) is 0 Å². The average Bonchev–Trinajstić information content (AvgIpc) is 2.03. The molecule has 1 aromatic carbocycles. The Morgan fingerprint density at radius 3 is 2.23 bits per heavy atom. The highest BCUT2D eigenvalue weighted by atomic mass is 35.7. The molecule has 0 aliphatic carbocycles. The van der Waals surface area contributed by atoms with Gasteiger partial charge in [0.1, 0.15) is 0 Å². The number of hydrogen-bond donors (Lipinski definition) is 0. The standard InChI is InChI=1S/C8H6Cl2O2S/c9-8(6-13(10,11)12)7-4-2-1-3-5-7/h1-6H/b8-6-. The third kappa shape index (κ3) is 3.81. The molecule has 0 N–H and O–H groups in total. The van der Waals surface area contributed by atoms with Gasteiger partial charge in [-0.25, -0.2) is 8.42 Å². The molecule has 0 aromatic heterocycles. The summed E-state index contributed by atoms with van der Waals surface area (Å²) >= 11 is 5.69. The van der Waals surface area contributed by atoms with Crippen molar-refractivity contribution < 1.29 is 8.42 Å². The Morgan fingerprint density at radius 1 is 1.23 bits per heavy atom. The number of halogens is 2. The minimum Gasteiger partial charge on any atom is -0.207 e. The zero-order valence-corrected chi connectivity index (χ0v) is 8.77. The van der Waals surface area contributed by atoms with E-state index < -0.39 is 9.05 Å². The highest BCUT2D eigenvalue weighted by molar-refractivity contribution is 8.16. The van der Waals surface area contributed by atoms with Gasteiger partial charge in [-0.2, -0.15) is 0 Å². The SMILES string of the molecule is O=S(=O)(Cl)/C=C(\Cl)c1ccccc1. The van der Waals surface area contributed by atoms with Crippen LogP contribution in [0.3, 0.4) is 0 Å². The minimum atomic E-state index is -3.69. The molecule has 13 heavy (non-hydrogen) atoms. The molecule has 0 amide bonds. The van der Waals surface area contributed by atoms with Crippen LogP contribution < -0.4 is 0 Å². The lowest BCUT2D eigenvalue weighted by Gasteiger charge is -1.95. The first-order valence-electron chi connectivity index (χ1n) is 3.36. The normalized spacial score (nSPS) is 12.9. The molecule has 0 radical (unpaired) electrons. The van der Waals surface area contributed by atoms with Crippen LogP contribution in [-0.2, 0) is 9.05 Å². The van der Waals surface area contributed by atoms with E-state index in [9.17, 15) is 8.42 Å². The van der Waals surface area contributed by atoms with Crippen molar-refractivity contribution in [3.8, 4) is 0 Å². The summed E-state index contributed by atoms with van der Waals surface area (Å²) in [5, 5.41) is 0.918. The van der Waals surface area contributed by atoms with Gasteiger partial charge in [0.2, 0.25) is 0 Å². The lowest BCUT2D eigenvalue weighted by atomic mass is 10.2. The molecule has 0 saturated carbocycles. The van der Waals surface area contributed by atoms with Gasteiger partial charge in [0.15, 0.2) is 0 Å². The predicted molar refractivity (Wildman–Crippen MR) is 55.0 cm³/mol. The van der Waals surface area contributed by atoms with Gasteiger partial charge in [-0.3, -0.25) is 0 Å². The lowest BCUT2D eigenvalue weighted by Crippen LogP contribution is -1.83. The topological polar surface area (TPSA) is 34.1 Å². The molecule has 70 valence electrons. The van der Waals surface area contributed by atoms with E-state index in [2.05, 4.69) is 0 Å². The van der Waals surface area contributed by atoms with Crippen molar-refractivity contribution in [1.29, 1.82) is 0 Å².